The fourth-order valence-electron chi connectivity index (χ4n) is 1.71. The molecule has 5 nitrogen and oxygen atoms in total. The van der Waals surface area contributed by atoms with Gasteiger partial charge in [0.25, 0.3) is 5.91 Å². The zero-order chi connectivity index (χ0) is 11.5. The van der Waals surface area contributed by atoms with Crippen LogP contribution in [-0.4, -0.2) is 22.6 Å². The normalized spacial score (nSPS) is 15.1. The van der Waals surface area contributed by atoms with Crippen LogP contribution in [-0.2, 0) is 6.42 Å². The summed E-state index contributed by atoms with van der Waals surface area (Å²) < 4.78 is 0. The van der Waals surface area contributed by atoms with E-state index in [1.54, 1.807) is 0 Å². The highest BCUT2D eigenvalue weighted by Gasteiger charge is 2.21. The van der Waals surface area contributed by atoms with E-state index in [2.05, 4.69) is 15.5 Å². The van der Waals surface area contributed by atoms with Crippen LogP contribution in [0.4, 0.5) is 5.69 Å². The third kappa shape index (κ3) is 2.35. The zero-order valence-corrected chi connectivity index (χ0v) is 9.55. The molecule has 1 saturated carbocycles. The van der Waals surface area contributed by atoms with E-state index in [0.717, 1.165) is 31.0 Å². The number of aromatic nitrogens is 2. The topological polar surface area (TPSA) is 83.8 Å². The predicted molar refractivity (Wildman–Crippen MR) is 62.1 cm³/mol. The van der Waals surface area contributed by atoms with Gasteiger partial charge < -0.3 is 11.1 Å². The third-order valence-electron chi connectivity index (χ3n) is 2.99. The SMILES string of the molecule is CCc1[nH]nc(C(=O)NCCC2CC2)c1N. The number of H-pyrrole nitrogens is 1. The number of nitrogen functional groups attached to an aromatic ring is 1. The van der Waals surface area contributed by atoms with Crippen molar-refractivity contribution in [3.8, 4) is 0 Å². The Labute approximate surface area is 94.8 Å². The van der Waals surface area contributed by atoms with Crippen LogP contribution in [0.15, 0.2) is 0 Å². The lowest BCUT2D eigenvalue weighted by molar-refractivity contribution is 0.0948. The fraction of sp³-hybridized carbons (Fsp3) is 0.636. The maximum atomic E-state index is 11.7. The second-order valence-corrected chi connectivity index (χ2v) is 4.31. The molecule has 1 heterocycles. The molecule has 0 bridgehead atoms. The van der Waals surface area contributed by atoms with Crippen LogP contribution in [0.2, 0.25) is 0 Å². The first kappa shape index (κ1) is 11.0. The van der Waals surface area contributed by atoms with Gasteiger partial charge in [-0.05, 0) is 18.8 Å². The van der Waals surface area contributed by atoms with Gasteiger partial charge in [-0.2, -0.15) is 5.10 Å². The first-order chi connectivity index (χ1) is 7.72. The molecule has 1 fully saturated rings. The molecule has 1 aliphatic carbocycles. The second kappa shape index (κ2) is 4.55. The van der Waals surface area contributed by atoms with Crippen LogP contribution in [0.3, 0.4) is 0 Å². The van der Waals surface area contributed by atoms with Crippen LogP contribution in [0.1, 0.15) is 42.4 Å². The number of aryl methyl sites for hydroxylation is 1. The van der Waals surface area contributed by atoms with Gasteiger partial charge in [-0.3, -0.25) is 9.89 Å². The zero-order valence-electron chi connectivity index (χ0n) is 9.55. The van der Waals surface area contributed by atoms with Gasteiger partial charge in [0, 0.05) is 6.54 Å². The van der Waals surface area contributed by atoms with Crippen molar-refractivity contribution in [2.75, 3.05) is 12.3 Å². The Kier molecular flexibility index (Phi) is 3.12. The van der Waals surface area contributed by atoms with Crippen molar-refractivity contribution in [1.82, 2.24) is 15.5 Å². The number of anilines is 1. The van der Waals surface area contributed by atoms with Crippen LogP contribution in [0.5, 0.6) is 0 Å². The number of aromatic amines is 1. The number of carbonyl (C=O) groups is 1. The number of nitrogens with zero attached hydrogens (tertiary/aromatic N) is 1. The third-order valence-corrected chi connectivity index (χ3v) is 2.99. The van der Waals surface area contributed by atoms with E-state index >= 15 is 0 Å². The largest absolute Gasteiger partial charge is 0.395 e. The summed E-state index contributed by atoms with van der Waals surface area (Å²) in [6.07, 6.45) is 4.44. The first-order valence-corrected chi connectivity index (χ1v) is 5.83. The van der Waals surface area contributed by atoms with Gasteiger partial charge in [0.05, 0.1) is 11.4 Å². The Balaban J connectivity index is 1.88. The summed E-state index contributed by atoms with van der Waals surface area (Å²) >= 11 is 0. The molecule has 1 aromatic heterocycles. The van der Waals surface area contributed by atoms with Gasteiger partial charge in [-0.15, -0.1) is 0 Å². The van der Waals surface area contributed by atoms with Crippen LogP contribution >= 0.6 is 0 Å². The minimum Gasteiger partial charge on any atom is -0.395 e. The molecule has 2 rings (SSSR count). The smallest absolute Gasteiger partial charge is 0.273 e. The van der Waals surface area contributed by atoms with E-state index in [0.29, 0.717) is 11.4 Å². The predicted octanol–water partition coefficient (Wildman–Crippen LogP) is 1.08. The second-order valence-electron chi connectivity index (χ2n) is 4.31. The van der Waals surface area contributed by atoms with E-state index < -0.39 is 0 Å². The Hall–Kier alpha value is -1.52. The quantitative estimate of drug-likeness (QED) is 0.697. The molecular formula is C11H18N4O. The summed E-state index contributed by atoms with van der Waals surface area (Å²) in [4.78, 5) is 11.7. The lowest BCUT2D eigenvalue weighted by Crippen LogP contribution is -2.25. The first-order valence-electron chi connectivity index (χ1n) is 5.83. The van der Waals surface area contributed by atoms with E-state index in [9.17, 15) is 4.79 Å². The van der Waals surface area contributed by atoms with Crippen molar-refractivity contribution in [2.24, 2.45) is 5.92 Å². The van der Waals surface area contributed by atoms with Crippen molar-refractivity contribution >= 4 is 11.6 Å². The summed E-state index contributed by atoms with van der Waals surface area (Å²) in [6, 6.07) is 0. The molecule has 0 saturated heterocycles. The summed E-state index contributed by atoms with van der Waals surface area (Å²) in [6.45, 7) is 2.69. The van der Waals surface area contributed by atoms with E-state index in [1.165, 1.54) is 12.8 Å². The Morgan fingerprint density at radius 1 is 1.62 bits per heavy atom. The number of nitrogens with two attached hydrogens (primary N) is 1. The molecule has 0 radical (unpaired) electrons. The molecule has 0 atom stereocenters. The number of hydrogen-bond acceptors (Lipinski definition) is 3. The molecule has 0 unspecified atom stereocenters. The molecule has 0 spiro atoms. The summed E-state index contributed by atoms with van der Waals surface area (Å²) in [7, 11) is 0. The molecule has 1 amide bonds. The van der Waals surface area contributed by atoms with Crippen molar-refractivity contribution < 1.29 is 4.79 Å². The Morgan fingerprint density at radius 3 is 2.94 bits per heavy atom. The lowest BCUT2D eigenvalue weighted by Gasteiger charge is -2.02. The molecular weight excluding hydrogens is 204 g/mol. The average Bonchev–Trinajstić information content (AvgIpc) is 3.01. The highest BCUT2D eigenvalue weighted by Crippen LogP contribution is 2.31. The summed E-state index contributed by atoms with van der Waals surface area (Å²) in [5.41, 5.74) is 7.43. The molecule has 0 aromatic carbocycles. The van der Waals surface area contributed by atoms with Gasteiger partial charge in [0.15, 0.2) is 5.69 Å². The summed E-state index contributed by atoms with van der Waals surface area (Å²) in [5, 5.41) is 9.57. The van der Waals surface area contributed by atoms with Crippen molar-refractivity contribution in [3.63, 3.8) is 0 Å². The Morgan fingerprint density at radius 2 is 2.38 bits per heavy atom. The number of nitrogens with one attached hydrogen (secondary N) is 2. The van der Waals surface area contributed by atoms with Crippen molar-refractivity contribution in [3.05, 3.63) is 11.4 Å². The van der Waals surface area contributed by atoms with E-state index in [-0.39, 0.29) is 5.91 Å². The monoisotopic (exact) mass is 222 g/mol. The minimum atomic E-state index is -0.172. The lowest BCUT2D eigenvalue weighted by atomic mass is 10.2. The van der Waals surface area contributed by atoms with Gasteiger partial charge in [-0.1, -0.05) is 19.8 Å². The number of rotatable bonds is 5. The summed E-state index contributed by atoms with van der Waals surface area (Å²) in [5.74, 6) is 0.650. The van der Waals surface area contributed by atoms with E-state index in [1.807, 2.05) is 6.92 Å². The standard InChI is InChI=1S/C11H18N4O/c1-2-8-9(12)10(15-14-8)11(16)13-6-5-7-3-4-7/h7H,2-6,12H2,1H3,(H,13,16)(H,14,15). The maximum absolute atomic E-state index is 11.7. The molecule has 16 heavy (non-hydrogen) atoms. The maximum Gasteiger partial charge on any atom is 0.273 e. The fourth-order valence-corrected chi connectivity index (χ4v) is 1.71. The Bertz CT molecular complexity index is 381. The van der Waals surface area contributed by atoms with Gasteiger partial charge in [0.2, 0.25) is 0 Å². The molecule has 5 heteroatoms. The molecule has 1 aromatic rings. The minimum absolute atomic E-state index is 0.172. The van der Waals surface area contributed by atoms with Crippen LogP contribution in [0, 0.1) is 5.92 Å². The molecule has 4 N–H and O–H groups in total. The number of hydrogen-bond donors (Lipinski definition) is 3. The van der Waals surface area contributed by atoms with Crippen LogP contribution in [0.25, 0.3) is 0 Å². The van der Waals surface area contributed by atoms with Crippen molar-refractivity contribution in [2.45, 2.75) is 32.6 Å². The highest BCUT2D eigenvalue weighted by atomic mass is 16.1. The van der Waals surface area contributed by atoms with Gasteiger partial charge >= 0.3 is 0 Å². The highest BCUT2D eigenvalue weighted by molar-refractivity contribution is 5.97. The van der Waals surface area contributed by atoms with Crippen LogP contribution < -0.4 is 11.1 Å². The molecule has 0 aliphatic heterocycles. The van der Waals surface area contributed by atoms with E-state index in [4.69, 9.17) is 5.73 Å². The van der Waals surface area contributed by atoms with Crippen molar-refractivity contribution in [1.29, 1.82) is 0 Å². The van der Waals surface area contributed by atoms with Gasteiger partial charge in [-0.25, -0.2) is 0 Å². The number of carbonyl (C=O) groups excluding carboxylic acids is 1. The molecule has 1 aliphatic rings. The van der Waals surface area contributed by atoms with Gasteiger partial charge in [0.1, 0.15) is 0 Å². The average molecular weight is 222 g/mol. The molecule has 88 valence electrons. The number of amides is 1.